The summed E-state index contributed by atoms with van der Waals surface area (Å²) in [4.78, 5) is 26.3. The van der Waals surface area contributed by atoms with Crippen LogP contribution in [-0.4, -0.2) is 17.9 Å². The van der Waals surface area contributed by atoms with Gasteiger partial charge in [0, 0.05) is 12.1 Å². The molecule has 2 amide bonds. The van der Waals surface area contributed by atoms with E-state index in [0.29, 0.717) is 30.1 Å². The summed E-state index contributed by atoms with van der Waals surface area (Å²) in [6, 6.07) is 11.3. The van der Waals surface area contributed by atoms with Crippen LogP contribution in [0.15, 0.2) is 42.5 Å². The van der Waals surface area contributed by atoms with Gasteiger partial charge in [-0.15, -0.1) is 0 Å². The minimum Gasteiger partial charge on any atom is -0.479 e. The molecule has 27 heavy (non-hydrogen) atoms. The minimum absolute atomic E-state index is 0.0774. The van der Waals surface area contributed by atoms with Crippen LogP contribution >= 0.6 is 0 Å². The number of rotatable bonds is 5. The summed E-state index contributed by atoms with van der Waals surface area (Å²) < 4.78 is 18.9. The Kier molecular flexibility index (Phi) is 5.44. The number of nitrogens with one attached hydrogen (secondary N) is 1. The number of anilines is 2. The van der Waals surface area contributed by atoms with E-state index in [4.69, 9.17) is 4.74 Å². The second-order valence-corrected chi connectivity index (χ2v) is 7.14. The predicted molar refractivity (Wildman–Crippen MR) is 102 cm³/mol. The molecule has 2 aromatic carbocycles. The van der Waals surface area contributed by atoms with E-state index in [1.165, 1.54) is 12.1 Å². The van der Waals surface area contributed by atoms with Crippen molar-refractivity contribution in [2.45, 2.75) is 39.8 Å². The highest BCUT2D eigenvalue weighted by Gasteiger charge is 2.31. The third-order valence-electron chi connectivity index (χ3n) is 4.30. The number of carbonyl (C=O) groups excluding carboxylic acids is 2. The van der Waals surface area contributed by atoms with Crippen LogP contribution in [0.1, 0.15) is 32.8 Å². The van der Waals surface area contributed by atoms with Crippen molar-refractivity contribution in [2.24, 2.45) is 5.92 Å². The molecule has 1 aliphatic rings. The Morgan fingerprint density at radius 3 is 2.59 bits per heavy atom. The normalized spacial score (nSPS) is 16.1. The van der Waals surface area contributed by atoms with Gasteiger partial charge < -0.3 is 15.0 Å². The maximum Gasteiger partial charge on any atom is 0.268 e. The van der Waals surface area contributed by atoms with Crippen molar-refractivity contribution in [2.75, 3.05) is 10.2 Å². The zero-order valence-electron chi connectivity index (χ0n) is 15.7. The summed E-state index contributed by atoms with van der Waals surface area (Å²) in [5.74, 6) is 0.245. The molecule has 2 aromatic rings. The molecule has 0 aromatic heterocycles. The van der Waals surface area contributed by atoms with Gasteiger partial charge in [0.15, 0.2) is 6.10 Å². The van der Waals surface area contributed by atoms with Crippen LogP contribution < -0.4 is 15.0 Å². The fourth-order valence-corrected chi connectivity index (χ4v) is 3.00. The molecular formula is C21H23FN2O3. The first-order chi connectivity index (χ1) is 12.8. The van der Waals surface area contributed by atoms with Gasteiger partial charge in [-0.2, -0.15) is 0 Å². The van der Waals surface area contributed by atoms with Crippen LogP contribution in [-0.2, 0) is 16.1 Å². The molecule has 5 nitrogen and oxygen atoms in total. The van der Waals surface area contributed by atoms with E-state index in [1.807, 2.05) is 13.8 Å². The SMILES string of the molecule is CC(C)CC(=O)Nc1ccc2c(c1)N(Cc1ccc(F)cc1)C(=O)C(C)O2. The van der Waals surface area contributed by atoms with E-state index in [9.17, 15) is 14.0 Å². The molecule has 0 radical (unpaired) electrons. The van der Waals surface area contributed by atoms with Gasteiger partial charge in [-0.25, -0.2) is 4.39 Å². The van der Waals surface area contributed by atoms with Crippen molar-refractivity contribution in [3.63, 3.8) is 0 Å². The Balaban J connectivity index is 1.88. The van der Waals surface area contributed by atoms with Crippen molar-refractivity contribution >= 4 is 23.2 Å². The van der Waals surface area contributed by atoms with Crippen LogP contribution in [0.3, 0.4) is 0 Å². The monoisotopic (exact) mass is 370 g/mol. The molecule has 0 spiro atoms. The average Bonchev–Trinajstić information content (AvgIpc) is 2.60. The highest BCUT2D eigenvalue weighted by Crippen LogP contribution is 2.37. The van der Waals surface area contributed by atoms with Crippen molar-refractivity contribution in [3.8, 4) is 5.75 Å². The first-order valence-electron chi connectivity index (χ1n) is 9.00. The van der Waals surface area contributed by atoms with E-state index >= 15 is 0 Å². The van der Waals surface area contributed by atoms with Gasteiger partial charge in [0.05, 0.1) is 12.2 Å². The summed E-state index contributed by atoms with van der Waals surface area (Å²) in [5.41, 5.74) is 2.00. The summed E-state index contributed by atoms with van der Waals surface area (Å²) in [5, 5.41) is 2.86. The number of amides is 2. The molecule has 0 aliphatic carbocycles. The number of hydrogen-bond donors (Lipinski definition) is 1. The van der Waals surface area contributed by atoms with Crippen LogP contribution in [0.4, 0.5) is 15.8 Å². The van der Waals surface area contributed by atoms with Crippen molar-refractivity contribution in [3.05, 3.63) is 53.8 Å². The summed E-state index contributed by atoms with van der Waals surface area (Å²) in [6.45, 7) is 5.94. The predicted octanol–water partition coefficient (Wildman–Crippen LogP) is 4.12. The maximum absolute atomic E-state index is 13.2. The zero-order chi connectivity index (χ0) is 19.6. The fraction of sp³-hybridized carbons (Fsp3) is 0.333. The van der Waals surface area contributed by atoms with E-state index in [0.717, 1.165) is 5.56 Å². The molecule has 1 atom stereocenters. The lowest BCUT2D eigenvalue weighted by Gasteiger charge is -2.33. The first-order valence-corrected chi connectivity index (χ1v) is 9.00. The smallest absolute Gasteiger partial charge is 0.268 e. The molecule has 1 aliphatic heterocycles. The van der Waals surface area contributed by atoms with Gasteiger partial charge in [0.25, 0.3) is 5.91 Å². The molecule has 0 saturated heterocycles. The van der Waals surface area contributed by atoms with Crippen molar-refractivity contribution in [1.82, 2.24) is 0 Å². The molecule has 0 fully saturated rings. The lowest BCUT2D eigenvalue weighted by atomic mass is 10.1. The lowest BCUT2D eigenvalue weighted by molar-refractivity contribution is -0.125. The first kappa shape index (κ1) is 18.9. The lowest BCUT2D eigenvalue weighted by Crippen LogP contribution is -2.44. The Morgan fingerprint density at radius 1 is 1.22 bits per heavy atom. The molecule has 0 bridgehead atoms. The summed E-state index contributed by atoms with van der Waals surface area (Å²) in [6.07, 6.45) is -0.192. The highest BCUT2D eigenvalue weighted by molar-refractivity contribution is 6.01. The third-order valence-corrected chi connectivity index (χ3v) is 4.30. The molecular weight excluding hydrogens is 347 g/mol. The Labute approximate surface area is 158 Å². The number of hydrogen-bond acceptors (Lipinski definition) is 3. The number of nitrogens with zero attached hydrogens (tertiary/aromatic N) is 1. The Hall–Kier alpha value is -2.89. The number of fused-ring (bicyclic) bond motifs is 1. The topological polar surface area (TPSA) is 58.6 Å². The Bertz CT molecular complexity index is 849. The van der Waals surface area contributed by atoms with Gasteiger partial charge in [0.2, 0.25) is 5.91 Å². The average molecular weight is 370 g/mol. The quantitative estimate of drug-likeness (QED) is 0.861. The van der Waals surface area contributed by atoms with E-state index in [1.54, 1.807) is 42.2 Å². The number of benzene rings is 2. The van der Waals surface area contributed by atoms with Gasteiger partial charge >= 0.3 is 0 Å². The van der Waals surface area contributed by atoms with Gasteiger partial charge in [-0.05, 0) is 48.7 Å². The fourth-order valence-electron chi connectivity index (χ4n) is 3.00. The van der Waals surface area contributed by atoms with Crippen molar-refractivity contribution < 1.29 is 18.7 Å². The number of ether oxygens (including phenoxy) is 1. The highest BCUT2D eigenvalue weighted by atomic mass is 19.1. The summed E-state index contributed by atoms with van der Waals surface area (Å²) >= 11 is 0. The van der Waals surface area contributed by atoms with Crippen molar-refractivity contribution in [1.29, 1.82) is 0 Å². The Morgan fingerprint density at radius 2 is 1.93 bits per heavy atom. The van der Waals surface area contributed by atoms with Gasteiger partial charge in [-0.3, -0.25) is 9.59 Å². The molecule has 1 unspecified atom stereocenters. The number of halogens is 1. The van der Waals surface area contributed by atoms with Crippen LogP contribution in [0.5, 0.6) is 5.75 Å². The van der Waals surface area contributed by atoms with Gasteiger partial charge in [0.1, 0.15) is 11.6 Å². The number of carbonyl (C=O) groups is 2. The molecule has 142 valence electrons. The maximum atomic E-state index is 13.2. The largest absolute Gasteiger partial charge is 0.479 e. The molecule has 3 rings (SSSR count). The molecule has 6 heteroatoms. The molecule has 1 heterocycles. The molecule has 0 saturated carbocycles. The second kappa shape index (κ2) is 7.78. The van der Waals surface area contributed by atoms with Crippen LogP contribution in [0.2, 0.25) is 0 Å². The summed E-state index contributed by atoms with van der Waals surface area (Å²) in [7, 11) is 0. The zero-order valence-corrected chi connectivity index (χ0v) is 15.7. The third kappa shape index (κ3) is 4.45. The van der Waals surface area contributed by atoms with Gasteiger partial charge in [-0.1, -0.05) is 26.0 Å². The molecule has 1 N–H and O–H groups in total. The second-order valence-electron chi connectivity index (χ2n) is 7.14. The van der Waals surface area contributed by atoms with E-state index in [-0.39, 0.29) is 23.5 Å². The minimum atomic E-state index is -0.612. The van der Waals surface area contributed by atoms with Crippen LogP contribution in [0, 0.1) is 11.7 Å². The van der Waals surface area contributed by atoms with Crippen LogP contribution in [0.25, 0.3) is 0 Å². The standard InChI is InChI=1S/C21H23FN2O3/c1-13(2)10-20(25)23-17-8-9-19-18(11-17)24(21(26)14(3)27-19)12-15-4-6-16(22)7-5-15/h4-9,11,13-14H,10,12H2,1-3H3,(H,23,25). The van der Waals surface area contributed by atoms with E-state index in [2.05, 4.69) is 5.32 Å². The van der Waals surface area contributed by atoms with E-state index < -0.39 is 6.10 Å².